The summed E-state index contributed by atoms with van der Waals surface area (Å²) < 4.78 is 10.8. The molecule has 0 aromatic heterocycles. The minimum absolute atomic E-state index is 0.181. The number of rotatable bonds is 8. The Morgan fingerprint density at radius 1 is 1.12 bits per heavy atom. The van der Waals surface area contributed by atoms with Crippen LogP contribution in [0.4, 0.5) is 4.79 Å². The highest BCUT2D eigenvalue weighted by molar-refractivity contribution is 5.81. The van der Waals surface area contributed by atoms with Gasteiger partial charge in [-0.25, -0.2) is 9.59 Å². The maximum Gasteiger partial charge on any atom is 0.410 e. The molecule has 5 nitrogen and oxygen atoms in total. The topological polar surface area (TPSA) is 55.8 Å². The minimum Gasteiger partial charge on any atom is -0.458 e. The van der Waals surface area contributed by atoms with Crippen molar-refractivity contribution in [1.82, 2.24) is 4.90 Å². The summed E-state index contributed by atoms with van der Waals surface area (Å²) in [4.78, 5) is 26.2. The predicted octanol–water partition coefficient (Wildman–Crippen LogP) is 4.55. The number of nitrogens with zero attached hydrogens (tertiary/aromatic N) is 1. The number of carbonyl (C=O) groups excluding carboxylic acids is 2. The molecule has 0 aliphatic rings. The zero-order valence-corrected chi connectivity index (χ0v) is 16.1. The molecule has 25 heavy (non-hydrogen) atoms. The van der Waals surface area contributed by atoms with Crippen LogP contribution in [0.1, 0.15) is 58.9 Å². The molecule has 140 valence electrons. The third kappa shape index (κ3) is 8.05. The fourth-order valence-electron chi connectivity index (χ4n) is 2.38. The van der Waals surface area contributed by atoms with Crippen LogP contribution in [0.3, 0.4) is 0 Å². The smallest absolute Gasteiger partial charge is 0.410 e. The number of esters is 1. The lowest BCUT2D eigenvalue weighted by Gasteiger charge is -2.29. The first-order valence-corrected chi connectivity index (χ1v) is 8.91. The summed E-state index contributed by atoms with van der Waals surface area (Å²) in [6.45, 7) is 7.74. The summed E-state index contributed by atoms with van der Waals surface area (Å²) in [7, 11) is 1.59. The van der Waals surface area contributed by atoms with Gasteiger partial charge in [-0.3, -0.25) is 4.90 Å². The van der Waals surface area contributed by atoms with E-state index in [1.165, 1.54) is 4.90 Å². The van der Waals surface area contributed by atoms with Gasteiger partial charge in [-0.05, 0) is 32.8 Å². The van der Waals surface area contributed by atoms with E-state index < -0.39 is 17.7 Å². The molecule has 5 heteroatoms. The van der Waals surface area contributed by atoms with Gasteiger partial charge in [0.1, 0.15) is 18.2 Å². The van der Waals surface area contributed by atoms with Crippen LogP contribution in [0.25, 0.3) is 0 Å². The second-order valence-electron chi connectivity index (χ2n) is 7.20. The molecular formula is C20H31NO4. The molecule has 0 fully saturated rings. The van der Waals surface area contributed by atoms with Crippen molar-refractivity contribution in [2.45, 2.75) is 71.6 Å². The maximum atomic E-state index is 12.5. The first-order valence-electron chi connectivity index (χ1n) is 8.91. The molecule has 0 radical (unpaired) electrons. The zero-order valence-electron chi connectivity index (χ0n) is 16.1. The van der Waals surface area contributed by atoms with Crippen LogP contribution >= 0.6 is 0 Å². The molecule has 1 rings (SSSR count). The lowest BCUT2D eigenvalue weighted by atomic mass is 10.1. The van der Waals surface area contributed by atoms with Crippen molar-refractivity contribution in [3.05, 3.63) is 35.9 Å². The number of likely N-dealkylation sites (N-methyl/N-ethyl adjacent to an activating group) is 1. The summed E-state index contributed by atoms with van der Waals surface area (Å²) in [6, 6.07) is 8.83. The van der Waals surface area contributed by atoms with Crippen molar-refractivity contribution >= 4 is 12.1 Å². The van der Waals surface area contributed by atoms with Crippen molar-refractivity contribution in [1.29, 1.82) is 0 Å². The number of benzene rings is 1. The Bertz CT molecular complexity index is 536. The first kappa shape index (κ1) is 21.0. The highest BCUT2D eigenvalue weighted by Gasteiger charge is 2.31. The van der Waals surface area contributed by atoms with E-state index in [9.17, 15) is 9.59 Å². The Kier molecular flexibility index (Phi) is 8.46. The predicted molar refractivity (Wildman–Crippen MR) is 98.2 cm³/mol. The fraction of sp³-hybridized carbons (Fsp3) is 0.600. The largest absolute Gasteiger partial charge is 0.458 e. The Balaban J connectivity index is 2.70. The molecule has 0 saturated carbocycles. The van der Waals surface area contributed by atoms with E-state index in [4.69, 9.17) is 9.47 Å². The van der Waals surface area contributed by atoms with Gasteiger partial charge in [-0.15, -0.1) is 0 Å². The van der Waals surface area contributed by atoms with Gasteiger partial charge < -0.3 is 9.47 Å². The third-order valence-corrected chi connectivity index (χ3v) is 3.72. The van der Waals surface area contributed by atoms with E-state index in [2.05, 4.69) is 6.92 Å². The average Bonchev–Trinajstić information content (AvgIpc) is 2.55. The lowest BCUT2D eigenvalue weighted by Crippen LogP contribution is -2.45. The Hall–Kier alpha value is -2.04. The Labute approximate surface area is 151 Å². The van der Waals surface area contributed by atoms with Crippen LogP contribution in [0.15, 0.2) is 30.3 Å². The quantitative estimate of drug-likeness (QED) is 0.510. The number of amides is 1. The van der Waals surface area contributed by atoms with Crippen molar-refractivity contribution in [2.75, 3.05) is 7.05 Å². The standard InChI is InChI=1S/C20H31NO4/c1-6-7-9-14-17(18(22)25-20(2,3)4)21(5)19(23)24-15-16-12-10-8-11-13-16/h8,10-13,17H,6-7,9,14-15H2,1-5H3/t17-/m0/s1. The van der Waals surface area contributed by atoms with E-state index in [0.717, 1.165) is 24.8 Å². The van der Waals surface area contributed by atoms with Crippen molar-refractivity contribution in [3.8, 4) is 0 Å². The van der Waals surface area contributed by atoms with Gasteiger partial charge in [0.15, 0.2) is 0 Å². The molecule has 1 aromatic rings. The van der Waals surface area contributed by atoms with E-state index in [1.54, 1.807) is 7.05 Å². The highest BCUT2D eigenvalue weighted by Crippen LogP contribution is 2.17. The van der Waals surface area contributed by atoms with Crippen molar-refractivity contribution in [3.63, 3.8) is 0 Å². The summed E-state index contributed by atoms with van der Waals surface area (Å²) in [5, 5.41) is 0. The first-order chi connectivity index (χ1) is 11.7. The van der Waals surface area contributed by atoms with Gasteiger partial charge in [0, 0.05) is 7.05 Å². The number of unbranched alkanes of at least 4 members (excludes halogenated alkanes) is 2. The number of hydrogen-bond donors (Lipinski definition) is 0. The molecule has 1 aromatic carbocycles. The van der Waals surface area contributed by atoms with E-state index in [-0.39, 0.29) is 12.6 Å². The van der Waals surface area contributed by atoms with Crippen LogP contribution in [-0.2, 0) is 20.9 Å². The monoisotopic (exact) mass is 349 g/mol. The van der Waals surface area contributed by atoms with Crippen molar-refractivity contribution in [2.24, 2.45) is 0 Å². The molecule has 1 atom stereocenters. The van der Waals surface area contributed by atoms with Crippen LogP contribution in [0.2, 0.25) is 0 Å². The maximum absolute atomic E-state index is 12.5. The second kappa shape index (κ2) is 10.1. The average molecular weight is 349 g/mol. The molecule has 0 N–H and O–H groups in total. The van der Waals surface area contributed by atoms with Crippen LogP contribution in [0, 0.1) is 0 Å². The minimum atomic E-state index is -0.631. The normalized spacial score (nSPS) is 12.4. The molecule has 0 aliphatic heterocycles. The zero-order chi connectivity index (χ0) is 18.9. The molecule has 0 heterocycles. The molecule has 0 bridgehead atoms. The molecule has 0 saturated heterocycles. The van der Waals surface area contributed by atoms with Crippen LogP contribution in [-0.4, -0.2) is 35.7 Å². The van der Waals surface area contributed by atoms with E-state index >= 15 is 0 Å². The Morgan fingerprint density at radius 3 is 2.32 bits per heavy atom. The van der Waals surface area contributed by atoms with E-state index in [0.29, 0.717) is 6.42 Å². The molecule has 1 amide bonds. The summed E-state index contributed by atoms with van der Waals surface area (Å²) in [5.41, 5.74) is 0.318. The van der Waals surface area contributed by atoms with Crippen LogP contribution < -0.4 is 0 Å². The lowest BCUT2D eigenvalue weighted by molar-refractivity contribution is -0.160. The van der Waals surface area contributed by atoms with Gasteiger partial charge in [-0.1, -0.05) is 56.5 Å². The molecule has 0 aliphatic carbocycles. The summed E-state index contributed by atoms with van der Waals surface area (Å²) >= 11 is 0. The van der Waals surface area contributed by atoms with Gasteiger partial charge in [0.2, 0.25) is 0 Å². The Morgan fingerprint density at radius 2 is 1.76 bits per heavy atom. The van der Waals surface area contributed by atoms with Gasteiger partial charge in [-0.2, -0.15) is 0 Å². The third-order valence-electron chi connectivity index (χ3n) is 3.72. The molecule has 0 spiro atoms. The van der Waals surface area contributed by atoms with Gasteiger partial charge in [0.25, 0.3) is 0 Å². The van der Waals surface area contributed by atoms with Crippen LogP contribution in [0.5, 0.6) is 0 Å². The summed E-state index contributed by atoms with van der Waals surface area (Å²) in [5.74, 6) is -0.386. The number of hydrogen-bond acceptors (Lipinski definition) is 4. The van der Waals surface area contributed by atoms with Gasteiger partial charge in [0.05, 0.1) is 0 Å². The summed E-state index contributed by atoms with van der Waals surface area (Å²) in [6.07, 6.45) is 2.96. The van der Waals surface area contributed by atoms with Gasteiger partial charge >= 0.3 is 12.1 Å². The number of carbonyl (C=O) groups is 2. The van der Waals surface area contributed by atoms with E-state index in [1.807, 2.05) is 51.1 Å². The molecule has 0 unspecified atom stereocenters. The highest BCUT2D eigenvalue weighted by atomic mass is 16.6. The fourth-order valence-corrected chi connectivity index (χ4v) is 2.38. The SMILES string of the molecule is CCCCC[C@@H](C(=O)OC(C)(C)C)N(C)C(=O)OCc1ccccc1. The second-order valence-corrected chi connectivity index (χ2v) is 7.20. The van der Waals surface area contributed by atoms with Crippen molar-refractivity contribution < 1.29 is 19.1 Å². The molecular weight excluding hydrogens is 318 g/mol. The number of ether oxygens (including phenoxy) is 2.